The Labute approximate surface area is 116 Å². The van der Waals surface area contributed by atoms with Crippen LogP contribution in [-0.4, -0.2) is 42.4 Å². The summed E-state index contributed by atoms with van der Waals surface area (Å²) in [5.41, 5.74) is 2.41. The highest BCUT2D eigenvalue weighted by atomic mass is 16.5. The lowest BCUT2D eigenvalue weighted by Crippen LogP contribution is -2.36. The fourth-order valence-corrected chi connectivity index (χ4v) is 2.17. The summed E-state index contributed by atoms with van der Waals surface area (Å²) in [5.74, 6) is -0.139. The SMILES string of the molecule is O=C(Nc1cn[nH]c1)c1ccc(N2CCOCC2)cc1. The molecule has 1 aliphatic heterocycles. The van der Waals surface area contributed by atoms with E-state index < -0.39 is 0 Å². The molecule has 20 heavy (non-hydrogen) atoms. The molecule has 3 rings (SSSR count). The van der Waals surface area contributed by atoms with Crippen molar-refractivity contribution in [3.63, 3.8) is 0 Å². The lowest BCUT2D eigenvalue weighted by Gasteiger charge is -2.28. The van der Waals surface area contributed by atoms with Crippen molar-refractivity contribution in [3.8, 4) is 0 Å². The topological polar surface area (TPSA) is 70.2 Å². The van der Waals surface area contributed by atoms with Crippen LogP contribution in [0, 0.1) is 0 Å². The fraction of sp³-hybridized carbons (Fsp3) is 0.286. The van der Waals surface area contributed by atoms with Crippen LogP contribution in [0.3, 0.4) is 0 Å². The van der Waals surface area contributed by atoms with Crippen LogP contribution in [-0.2, 0) is 4.74 Å². The van der Waals surface area contributed by atoms with Crippen LogP contribution < -0.4 is 10.2 Å². The summed E-state index contributed by atoms with van der Waals surface area (Å²) in [6.45, 7) is 3.28. The Bertz CT molecular complexity index is 559. The van der Waals surface area contributed by atoms with E-state index in [1.165, 1.54) is 0 Å². The molecule has 1 aromatic heterocycles. The molecule has 1 amide bonds. The number of nitrogens with one attached hydrogen (secondary N) is 2. The van der Waals surface area contributed by atoms with Crippen molar-refractivity contribution < 1.29 is 9.53 Å². The van der Waals surface area contributed by atoms with Crippen molar-refractivity contribution in [1.82, 2.24) is 10.2 Å². The Morgan fingerprint density at radius 2 is 2.00 bits per heavy atom. The van der Waals surface area contributed by atoms with Gasteiger partial charge in [0.1, 0.15) is 0 Å². The van der Waals surface area contributed by atoms with Crippen LogP contribution in [0.1, 0.15) is 10.4 Å². The van der Waals surface area contributed by atoms with Crippen LogP contribution in [0.2, 0.25) is 0 Å². The van der Waals surface area contributed by atoms with Gasteiger partial charge in [-0.15, -0.1) is 0 Å². The summed E-state index contributed by atoms with van der Waals surface area (Å²) in [7, 11) is 0. The van der Waals surface area contributed by atoms with E-state index in [1.54, 1.807) is 12.4 Å². The minimum absolute atomic E-state index is 0.139. The van der Waals surface area contributed by atoms with Crippen LogP contribution in [0.15, 0.2) is 36.7 Å². The van der Waals surface area contributed by atoms with Gasteiger partial charge in [-0.25, -0.2) is 0 Å². The number of carbonyl (C=O) groups is 1. The normalized spacial score (nSPS) is 15.1. The zero-order valence-corrected chi connectivity index (χ0v) is 11.0. The second-order valence-electron chi connectivity index (χ2n) is 4.59. The predicted octanol–water partition coefficient (Wildman–Crippen LogP) is 1.50. The molecule has 0 bridgehead atoms. The summed E-state index contributed by atoms with van der Waals surface area (Å²) < 4.78 is 5.33. The maximum atomic E-state index is 12.0. The second kappa shape index (κ2) is 5.75. The number of rotatable bonds is 3. The van der Waals surface area contributed by atoms with Crippen molar-refractivity contribution in [1.29, 1.82) is 0 Å². The number of hydrogen-bond acceptors (Lipinski definition) is 4. The average molecular weight is 272 g/mol. The number of H-pyrrole nitrogens is 1. The molecule has 1 saturated heterocycles. The first-order valence-electron chi connectivity index (χ1n) is 6.56. The number of nitrogens with zero attached hydrogens (tertiary/aromatic N) is 2. The zero-order valence-electron chi connectivity index (χ0n) is 11.0. The van der Waals surface area contributed by atoms with E-state index >= 15 is 0 Å². The number of hydrogen-bond donors (Lipinski definition) is 2. The van der Waals surface area contributed by atoms with Crippen LogP contribution >= 0.6 is 0 Å². The van der Waals surface area contributed by atoms with E-state index in [-0.39, 0.29) is 5.91 Å². The van der Waals surface area contributed by atoms with Gasteiger partial charge in [0.2, 0.25) is 0 Å². The molecule has 0 atom stereocenters. The van der Waals surface area contributed by atoms with Gasteiger partial charge >= 0.3 is 0 Å². The fourth-order valence-electron chi connectivity index (χ4n) is 2.17. The Morgan fingerprint density at radius 3 is 2.65 bits per heavy atom. The summed E-state index contributed by atoms with van der Waals surface area (Å²) in [5, 5.41) is 9.21. The molecule has 6 nitrogen and oxygen atoms in total. The van der Waals surface area contributed by atoms with E-state index in [9.17, 15) is 4.79 Å². The smallest absolute Gasteiger partial charge is 0.255 e. The summed E-state index contributed by atoms with van der Waals surface area (Å²) in [6, 6.07) is 7.60. The molecule has 0 aliphatic carbocycles. The van der Waals surface area contributed by atoms with Gasteiger partial charge in [-0.3, -0.25) is 9.89 Å². The van der Waals surface area contributed by atoms with E-state index in [2.05, 4.69) is 20.4 Å². The van der Waals surface area contributed by atoms with Crippen molar-refractivity contribution in [2.75, 3.05) is 36.5 Å². The van der Waals surface area contributed by atoms with Gasteiger partial charge in [-0.1, -0.05) is 0 Å². The molecule has 1 aromatic carbocycles. The molecule has 2 aromatic rings. The van der Waals surface area contributed by atoms with E-state index in [0.29, 0.717) is 11.3 Å². The van der Waals surface area contributed by atoms with Crippen molar-refractivity contribution in [2.24, 2.45) is 0 Å². The zero-order chi connectivity index (χ0) is 13.8. The van der Waals surface area contributed by atoms with Gasteiger partial charge in [0.15, 0.2) is 0 Å². The van der Waals surface area contributed by atoms with Crippen LogP contribution in [0.25, 0.3) is 0 Å². The summed E-state index contributed by atoms with van der Waals surface area (Å²) in [6.07, 6.45) is 3.21. The van der Waals surface area contributed by atoms with E-state index in [1.807, 2.05) is 24.3 Å². The van der Waals surface area contributed by atoms with Crippen LogP contribution in [0.5, 0.6) is 0 Å². The highest BCUT2D eigenvalue weighted by Gasteiger charge is 2.12. The first-order chi connectivity index (χ1) is 9.83. The maximum Gasteiger partial charge on any atom is 0.255 e. The standard InChI is InChI=1S/C14H16N4O2/c19-14(17-12-9-15-16-10-12)11-1-3-13(4-2-11)18-5-7-20-8-6-18/h1-4,9-10H,5-8H2,(H,15,16)(H,17,19). The van der Waals surface area contributed by atoms with Crippen molar-refractivity contribution >= 4 is 17.3 Å². The molecule has 1 fully saturated rings. The molecule has 6 heteroatoms. The van der Waals surface area contributed by atoms with Gasteiger partial charge in [0.25, 0.3) is 5.91 Å². The molecule has 104 valence electrons. The largest absolute Gasteiger partial charge is 0.378 e. The second-order valence-corrected chi connectivity index (χ2v) is 4.59. The third-order valence-electron chi connectivity index (χ3n) is 3.26. The molecule has 0 radical (unpaired) electrons. The Hall–Kier alpha value is -2.34. The van der Waals surface area contributed by atoms with Gasteiger partial charge in [0.05, 0.1) is 25.1 Å². The predicted molar refractivity (Wildman–Crippen MR) is 76.0 cm³/mol. The molecule has 2 heterocycles. The van der Waals surface area contributed by atoms with Gasteiger partial charge in [-0.05, 0) is 24.3 Å². The van der Waals surface area contributed by atoms with Crippen LogP contribution in [0.4, 0.5) is 11.4 Å². The Morgan fingerprint density at radius 1 is 1.25 bits per heavy atom. The van der Waals surface area contributed by atoms with Crippen molar-refractivity contribution in [2.45, 2.75) is 0 Å². The summed E-state index contributed by atoms with van der Waals surface area (Å²) in [4.78, 5) is 14.3. The molecule has 1 aliphatic rings. The highest BCUT2D eigenvalue weighted by molar-refractivity contribution is 6.04. The summed E-state index contributed by atoms with van der Waals surface area (Å²) >= 11 is 0. The number of carbonyl (C=O) groups excluding carboxylic acids is 1. The molecule has 0 spiro atoms. The lowest BCUT2D eigenvalue weighted by atomic mass is 10.1. The molecule has 2 N–H and O–H groups in total. The number of aromatic amines is 1. The number of anilines is 2. The number of ether oxygens (including phenoxy) is 1. The first kappa shape index (κ1) is 12.7. The number of aromatic nitrogens is 2. The first-order valence-corrected chi connectivity index (χ1v) is 6.56. The number of morpholine rings is 1. The van der Waals surface area contributed by atoms with Gasteiger partial charge < -0.3 is 15.0 Å². The molecule has 0 saturated carbocycles. The monoisotopic (exact) mass is 272 g/mol. The van der Waals surface area contributed by atoms with Gasteiger partial charge in [-0.2, -0.15) is 5.10 Å². The molecular weight excluding hydrogens is 256 g/mol. The van der Waals surface area contributed by atoms with E-state index in [4.69, 9.17) is 4.74 Å². The Balaban J connectivity index is 1.67. The van der Waals surface area contributed by atoms with Gasteiger partial charge in [0, 0.05) is 30.5 Å². The van der Waals surface area contributed by atoms with E-state index in [0.717, 1.165) is 32.0 Å². The highest BCUT2D eigenvalue weighted by Crippen LogP contribution is 2.17. The molecule has 0 unspecified atom stereocenters. The lowest BCUT2D eigenvalue weighted by molar-refractivity contribution is 0.102. The maximum absolute atomic E-state index is 12.0. The minimum atomic E-state index is -0.139. The third kappa shape index (κ3) is 2.80. The Kier molecular flexibility index (Phi) is 3.64. The minimum Gasteiger partial charge on any atom is -0.378 e. The number of amides is 1. The average Bonchev–Trinajstić information content (AvgIpc) is 3.01. The molecular formula is C14H16N4O2. The van der Waals surface area contributed by atoms with Crippen molar-refractivity contribution in [3.05, 3.63) is 42.2 Å². The number of benzene rings is 1. The third-order valence-corrected chi connectivity index (χ3v) is 3.26. The quantitative estimate of drug-likeness (QED) is 0.888.